The van der Waals surface area contributed by atoms with E-state index in [2.05, 4.69) is 5.32 Å². The van der Waals surface area contributed by atoms with Gasteiger partial charge in [-0.3, -0.25) is 4.79 Å². The summed E-state index contributed by atoms with van der Waals surface area (Å²) >= 11 is 6.09. The molecule has 0 aromatic heterocycles. The highest BCUT2D eigenvalue weighted by Gasteiger charge is 2.38. The summed E-state index contributed by atoms with van der Waals surface area (Å²) in [7, 11) is 0. The van der Waals surface area contributed by atoms with E-state index in [0.717, 1.165) is 17.0 Å². The molecule has 0 saturated carbocycles. The molecule has 1 aliphatic rings. The van der Waals surface area contributed by atoms with Gasteiger partial charge in [-0.05, 0) is 30.9 Å². The van der Waals surface area contributed by atoms with Crippen molar-refractivity contribution in [3.63, 3.8) is 0 Å². The molecule has 1 amide bonds. The Kier molecular flexibility index (Phi) is 7.46. The minimum atomic E-state index is -0.460. The summed E-state index contributed by atoms with van der Waals surface area (Å²) in [6, 6.07) is 7.68. The zero-order valence-corrected chi connectivity index (χ0v) is 13.5. The largest absolute Gasteiger partial charge is 0.381 e. The number of rotatable bonds is 5. The molecule has 6 heteroatoms. The summed E-state index contributed by atoms with van der Waals surface area (Å²) in [5, 5.41) is 3.72. The van der Waals surface area contributed by atoms with E-state index in [1.54, 1.807) is 0 Å². The van der Waals surface area contributed by atoms with Crippen LogP contribution < -0.4 is 11.1 Å². The summed E-state index contributed by atoms with van der Waals surface area (Å²) in [6.45, 7) is 2.16. The molecule has 1 aromatic rings. The summed E-state index contributed by atoms with van der Waals surface area (Å²) in [4.78, 5) is 12.3. The number of carbonyl (C=O) groups excluding carboxylic acids is 1. The van der Waals surface area contributed by atoms with E-state index in [4.69, 9.17) is 22.1 Å². The van der Waals surface area contributed by atoms with E-state index in [1.165, 1.54) is 0 Å². The van der Waals surface area contributed by atoms with Crippen molar-refractivity contribution in [1.82, 2.24) is 5.32 Å². The molecule has 1 heterocycles. The molecule has 0 radical (unpaired) electrons. The highest BCUT2D eigenvalue weighted by atomic mass is 35.5. The number of ether oxygens (including phenoxy) is 1. The first-order valence-electron chi connectivity index (χ1n) is 6.97. The Hall–Kier alpha value is -0.810. The van der Waals surface area contributed by atoms with Crippen molar-refractivity contribution in [2.75, 3.05) is 26.3 Å². The average molecular weight is 333 g/mol. The fourth-order valence-electron chi connectivity index (χ4n) is 2.49. The molecule has 0 spiro atoms. The molecule has 1 aromatic carbocycles. The number of halogens is 2. The van der Waals surface area contributed by atoms with Crippen molar-refractivity contribution in [2.45, 2.75) is 19.3 Å². The first-order valence-corrected chi connectivity index (χ1v) is 7.35. The Bertz CT molecular complexity index is 463. The molecule has 0 atom stereocenters. The van der Waals surface area contributed by atoms with Gasteiger partial charge in [-0.1, -0.05) is 29.8 Å². The van der Waals surface area contributed by atoms with Crippen molar-refractivity contribution >= 4 is 29.9 Å². The van der Waals surface area contributed by atoms with Gasteiger partial charge in [-0.15, -0.1) is 12.4 Å². The van der Waals surface area contributed by atoms with Gasteiger partial charge in [-0.2, -0.15) is 0 Å². The summed E-state index contributed by atoms with van der Waals surface area (Å²) in [5.41, 5.74) is 6.39. The Balaban J connectivity index is 0.00000220. The summed E-state index contributed by atoms with van der Waals surface area (Å²) in [6.07, 6.45) is 2.12. The number of hydrogen-bond acceptors (Lipinski definition) is 3. The molecule has 1 fully saturated rings. The number of amides is 1. The van der Waals surface area contributed by atoms with E-state index < -0.39 is 5.41 Å². The van der Waals surface area contributed by atoms with Crippen molar-refractivity contribution in [3.05, 3.63) is 34.9 Å². The van der Waals surface area contributed by atoms with Crippen molar-refractivity contribution in [2.24, 2.45) is 11.1 Å². The van der Waals surface area contributed by atoms with Gasteiger partial charge in [0.05, 0.1) is 5.41 Å². The zero-order chi connectivity index (χ0) is 14.4. The molecule has 2 rings (SSSR count). The lowest BCUT2D eigenvalue weighted by Crippen LogP contribution is -2.49. The molecule has 118 valence electrons. The van der Waals surface area contributed by atoms with Crippen LogP contribution in [0.5, 0.6) is 0 Å². The van der Waals surface area contributed by atoms with Gasteiger partial charge in [0.15, 0.2) is 0 Å². The molecule has 3 N–H and O–H groups in total. The Labute approximate surface area is 136 Å². The maximum Gasteiger partial charge on any atom is 0.227 e. The number of benzene rings is 1. The SMILES string of the molecule is Cl.NCC1(C(=O)NCCc2ccccc2Cl)CCOCC1. The predicted octanol–water partition coefficient (Wildman–Crippen LogP) is 2.18. The average Bonchev–Trinajstić information content (AvgIpc) is 2.49. The fourth-order valence-corrected chi connectivity index (χ4v) is 2.72. The Morgan fingerprint density at radius 3 is 2.62 bits per heavy atom. The fraction of sp³-hybridized carbons (Fsp3) is 0.533. The van der Waals surface area contributed by atoms with Crippen LogP contribution in [0.25, 0.3) is 0 Å². The molecule has 21 heavy (non-hydrogen) atoms. The van der Waals surface area contributed by atoms with Crippen LogP contribution >= 0.6 is 24.0 Å². The number of nitrogens with one attached hydrogen (secondary N) is 1. The van der Waals surface area contributed by atoms with Crippen LogP contribution in [-0.4, -0.2) is 32.2 Å². The Morgan fingerprint density at radius 2 is 2.00 bits per heavy atom. The maximum atomic E-state index is 12.3. The third-order valence-corrected chi connectivity index (χ3v) is 4.33. The number of hydrogen-bond donors (Lipinski definition) is 2. The van der Waals surface area contributed by atoms with Gasteiger partial charge in [-0.25, -0.2) is 0 Å². The third-order valence-electron chi connectivity index (χ3n) is 3.96. The lowest BCUT2D eigenvalue weighted by molar-refractivity contribution is -0.135. The van der Waals surface area contributed by atoms with E-state index in [9.17, 15) is 4.79 Å². The van der Waals surface area contributed by atoms with Crippen LogP contribution in [0.2, 0.25) is 5.02 Å². The second-order valence-electron chi connectivity index (χ2n) is 5.19. The first-order chi connectivity index (χ1) is 9.68. The first kappa shape index (κ1) is 18.2. The lowest BCUT2D eigenvalue weighted by atomic mass is 9.79. The summed E-state index contributed by atoms with van der Waals surface area (Å²) in [5.74, 6) is 0.0374. The molecular formula is C15H22Cl2N2O2. The smallest absolute Gasteiger partial charge is 0.227 e. The molecule has 0 aliphatic carbocycles. The third kappa shape index (κ3) is 4.58. The van der Waals surface area contributed by atoms with Gasteiger partial charge in [0.1, 0.15) is 0 Å². The molecule has 0 unspecified atom stereocenters. The Morgan fingerprint density at radius 1 is 1.33 bits per heavy atom. The van der Waals surface area contributed by atoms with Crippen LogP contribution in [-0.2, 0) is 16.0 Å². The van der Waals surface area contributed by atoms with Gasteiger partial charge >= 0.3 is 0 Å². The van der Waals surface area contributed by atoms with Gasteiger partial charge in [0.25, 0.3) is 0 Å². The molecular weight excluding hydrogens is 311 g/mol. The highest BCUT2D eigenvalue weighted by molar-refractivity contribution is 6.31. The van der Waals surface area contributed by atoms with E-state index in [1.807, 2.05) is 24.3 Å². The number of carbonyl (C=O) groups is 1. The predicted molar refractivity (Wildman–Crippen MR) is 87.0 cm³/mol. The minimum Gasteiger partial charge on any atom is -0.381 e. The van der Waals surface area contributed by atoms with E-state index in [-0.39, 0.29) is 18.3 Å². The van der Waals surface area contributed by atoms with Gasteiger partial charge < -0.3 is 15.8 Å². The lowest BCUT2D eigenvalue weighted by Gasteiger charge is -2.34. The molecule has 0 bridgehead atoms. The normalized spacial score (nSPS) is 16.9. The quantitative estimate of drug-likeness (QED) is 0.868. The van der Waals surface area contributed by atoms with Gasteiger partial charge in [0, 0.05) is 31.3 Å². The molecule has 1 saturated heterocycles. The van der Waals surface area contributed by atoms with Crippen molar-refractivity contribution in [1.29, 1.82) is 0 Å². The molecule has 4 nitrogen and oxygen atoms in total. The van der Waals surface area contributed by atoms with Crippen molar-refractivity contribution < 1.29 is 9.53 Å². The van der Waals surface area contributed by atoms with Crippen LogP contribution in [0.1, 0.15) is 18.4 Å². The standard InChI is InChI=1S/C15H21ClN2O2.ClH/c16-13-4-2-1-3-12(13)5-8-18-14(19)15(11-17)6-9-20-10-7-15;/h1-4H,5-11,17H2,(H,18,19);1H. The highest BCUT2D eigenvalue weighted by Crippen LogP contribution is 2.29. The van der Waals surface area contributed by atoms with Crippen LogP contribution in [0, 0.1) is 5.41 Å². The number of nitrogens with two attached hydrogens (primary N) is 1. The van der Waals surface area contributed by atoms with Gasteiger partial charge in [0.2, 0.25) is 5.91 Å². The van der Waals surface area contributed by atoms with E-state index >= 15 is 0 Å². The zero-order valence-electron chi connectivity index (χ0n) is 11.9. The van der Waals surface area contributed by atoms with E-state index in [0.29, 0.717) is 39.1 Å². The topological polar surface area (TPSA) is 64.4 Å². The van der Waals surface area contributed by atoms with Crippen molar-refractivity contribution in [3.8, 4) is 0 Å². The van der Waals surface area contributed by atoms with Crippen LogP contribution in [0.15, 0.2) is 24.3 Å². The molecule has 1 aliphatic heterocycles. The second kappa shape index (κ2) is 8.59. The summed E-state index contributed by atoms with van der Waals surface area (Å²) < 4.78 is 5.31. The van der Waals surface area contributed by atoms with Crippen LogP contribution in [0.3, 0.4) is 0 Å². The minimum absolute atomic E-state index is 0. The second-order valence-corrected chi connectivity index (χ2v) is 5.60. The maximum absolute atomic E-state index is 12.3. The monoisotopic (exact) mass is 332 g/mol. The van der Waals surface area contributed by atoms with Crippen LogP contribution in [0.4, 0.5) is 0 Å².